The van der Waals surface area contributed by atoms with E-state index in [0.717, 1.165) is 5.01 Å². The van der Waals surface area contributed by atoms with Gasteiger partial charge in [0.05, 0.1) is 5.01 Å². The second-order valence-corrected chi connectivity index (χ2v) is 5.93. The van der Waals surface area contributed by atoms with Gasteiger partial charge in [0.1, 0.15) is 11.9 Å². The first-order valence-corrected chi connectivity index (χ1v) is 7.45. The van der Waals surface area contributed by atoms with Crippen molar-refractivity contribution in [3.63, 3.8) is 0 Å². The number of carbonyl (C=O) groups is 1. The molecule has 2 rings (SSSR count). The van der Waals surface area contributed by atoms with Gasteiger partial charge in [0, 0.05) is 24.0 Å². The van der Waals surface area contributed by atoms with Gasteiger partial charge in [-0.1, -0.05) is 19.1 Å². The van der Waals surface area contributed by atoms with Crippen molar-refractivity contribution >= 4 is 17.3 Å². The normalized spacial score (nSPS) is 14.1. The van der Waals surface area contributed by atoms with E-state index in [1.54, 1.807) is 29.5 Å². The maximum absolute atomic E-state index is 13.0. The quantitative estimate of drug-likeness (QED) is 0.890. The minimum absolute atomic E-state index is 0.136. The summed E-state index contributed by atoms with van der Waals surface area (Å²) in [6.07, 6.45) is 1.74. The number of halogens is 1. The number of hydrogen-bond acceptors (Lipinski definition) is 4. The third kappa shape index (κ3) is 3.86. The average Bonchev–Trinajstić information content (AvgIpc) is 2.95. The molecule has 1 heterocycles. The van der Waals surface area contributed by atoms with Crippen LogP contribution >= 0.6 is 11.3 Å². The second-order valence-electron chi connectivity index (χ2n) is 5.00. The standard InChI is InChI=1S/C15H17FN2O2S/c1-10(14-17-7-8-21-14)9-18(2)13(15(19)20)11-3-5-12(16)6-4-11/h3-8,10,13H,9H2,1-2H3,(H,19,20). The van der Waals surface area contributed by atoms with Crippen LogP contribution in [0.2, 0.25) is 0 Å². The van der Waals surface area contributed by atoms with Crippen LogP contribution in [-0.2, 0) is 4.79 Å². The van der Waals surface area contributed by atoms with E-state index in [9.17, 15) is 14.3 Å². The minimum atomic E-state index is -0.949. The lowest BCUT2D eigenvalue weighted by Crippen LogP contribution is -2.33. The zero-order valence-electron chi connectivity index (χ0n) is 11.9. The minimum Gasteiger partial charge on any atom is -0.480 e. The van der Waals surface area contributed by atoms with Crippen LogP contribution in [0.25, 0.3) is 0 Å². The van der Waals surface area contributed by atoms with Crippen molar-refractivity contribution in [2.45, 2.75) is 18.9 Å². The van der Waals surface area contributed by atoms with E-state index in [2.05, 4.69) is 4.98 Å². The summed E-state index contributed by atoms with van der Waals surface area (Å²) in [6.45, 7) is 2.57. The van der Waals surface area contributed by atoms with Crippen LogP contribution in [0.5, 0.6) is 0 Å². The first-order valence-electron chi connectivity index (χ1n) is 6.57. The van der Waals surface area contributed by atoms with Gasteiger partial charge in [0.25, 0.3) is 0 Å². The van der Waals surface area contributed by atoms with Crippen molar-refractivity contribution in [1.82, 2.24) is 9.88 Å². The molecule has 0 bridgehead atoms. The Morgan fingerprint density at radius 1 is 1.43 bits per heavy atom. The van der Waals surface area contributed by atoms with Gasteiger partial charge in [0.15, 0.2) is 0 Å². The molecule has 0 saturated heterocycles. The fourth-order valence-corrected chi connectivity index (χ4v) is 3.01. The van der Waals surface area contributed by atoms with Gasteiger partial charge in [-0.3, -0.25) is 9.69 Å². The Hall–Kier alpha value is -1.79. The lowest BCUT2D eigenvalue weighted by atomic mass is 10.0. The second kappa shape index (κ2) is 6.78. The number of aliphatic carboxylic acids is 1. The van der Waals surface area contributed by atoms with Crippen LogP contribution in [0.4, 0.5) is 4.39 Å². The van der Waals surface area contributed by atoms with Crippen LogP contribution in [0.15, 0.2) is 35.8 Å². The monoisotopic (exact) mass is 308 g/mol. The summed E-state index contributed by atoms with van der Waals surface area (Å²) in [5, 5.41) is 12.3. The van der Waals surface area contributed by atoms with Crippen molar-refractivity contribution in [3.8, 4) is 0 Å². The van der Waals surface area contributed by atoms with Crippen LogP contribution < -0.4 is 0 Å². The van der Waals surface area contributed by atoms with Gasteiger partial charge in [-0.2, -0.15) is 0 Å². The molecule has 0 aliphatic carbocycles. The molecule has 0 amide bonds. The van der Waals surface area contributed by atoms with Gasteiger partial charge in [-0.15, -0.1) is 11.3 Å². The van der Waals surface area contributed by atoms with Gasteiger partial charge in [-0.05, 0) is 24.7 Å². The zero-order chi connectivity index (χ0) is 15.4. The predicted octanol–water partition coefficient (Wildman–Crippen LogP) is 3.14. The molecule has 0 aliphatic rings. The van der Waals surface area contributed by atoms with E-state index >= 15 is 0 Å². The molecule has 21 heavy (non-hydrogen) atoms. The summed E-state index contributed by atoms with van der Waals surface area (Å²) in [4.78, 5) is 17.6. The molecule has 2 atom stereocenters. The highest BCUT2D eigenvalue weighted by molar-refractivity contribution is 7.09. The maximum Gasteiger partial charge on any atom is 0.325 e. The molecule has 2 aromatic rings. The number of hydrogen-bond donors (Lipinski definition) is 1. The number of thiazole rings is 1. The molecule has 2 unspecified atom stereocenters. The lowest BCUT2D eigenvalue weighted by molar-refractivity contribution is -0.143. The third-order valence-electron chi connectivity index (χ3n) is 3.30. The molecule has 1 aromatic heterocycles. The highest BCUT2D eigenvalue weighted by Gasteiger charge is 2.26. The van der Waals surface area contributed by atoms with Crippen molar-refractivity contribution in [1.29, 1.82) is 0 Å². The van der Waals surface area contributed by atoms with E-state index in [4.69, 9.17) is 0 Å². The number of carboxylic acid groups (broad SMARTS) is 1. The molecule has 0 fully saturated rings. The number of nitrogens with zero attached hydrogens (tertiary/aromatic N) is 2. The van der Waals surface area contributed by atoms with Crippen LogP contribution in [0.1, 0.15) is 29.5 Å². The molecule has 0 aliphatic heterocycles. The number of likely N-dealkylation sites (N-methyl/N-ethyl adjacent to an activating group) is 1. The first kappa shape index (κ1) is 15.6. The molecule has 6 heteroatoms. The Balaban J connectivity index is 2.14. The molecule has 0 spiro atoms. The van der Waals surface area contributed by atoms with Gasteiger partial charge in [-0.25, -0.2) is 9.37 Å². The summed E-state index contributed by atoms with van der Waals surface area (Å²) in [7, 11) is 1.76. The smallest absolute Gasteiger partial charge is 0.325 e. The average molecular weight is 308 g/mol. The fraction of sp³-hybridized carbons (Fsp3) is 0.333. The topological polar surface area (TPSA) is 53.4 Å². The predicted molar refractivity (Wildman–Crippen MR) is 79.9 cm³/mol. The SMILES string of the molecule is CC(CN(C)C(C(=O)O)c1ccc(F)cc1)c1nccs1. The summed E-state index contributed by atoms with van der Waals surface area (Å²) >= 11 is 1.56. The van der Waals surface area contributed by atoms with Gasteiger partial charge < -0.3 is 5.11 Å². The van der Waals surface area contributed by atoms with Crippen molar-refractivity contribution in [3.05, 3.63) is 52.2 Å². The molecular formula is C15H17FN2O2S. The van der Waals surface area contributed by atoms with E-state index in [1.807, 2.05) is 12.3 Å². The third-order valence-corrected chi connectivity index (χ3v) is 4.30. The number of aromatic nitrogens is 1. The van der Waals surface area contributed by atoms with Crippen LogP contribution in [0.3, 0.4) is 0 Å². The highest BCUT2D eigenvalue weighted by atomic mass is 32.1. The Bertz CT molecular complexity index is 586. The van der Waals surface area contributed by atoms with Gasteiger partial charge in [0.2, 0.25) is 0 Å². The zero-order valence-corrected chi connectivity index (χ0v) is 12.7. The van der Waals surface area contributed by atoms with E-state index in [1.165, 1.54) is 24.3 Å². The van der Waals surface area contributed by atoms with Crippen molar-refractivity contribution in [2.24, 2.45) is 0 Å². The van der Waals surface area contributed by atoms with E-state index in [-0.39, 0.29) is 11.7 Å². The molecule has 4 nitrogen and oxygen atoms in total. The molecule has 1 N–H and O–H groups in total. The molecule has 1 aromatic carbocycles. The Labute approximate surface area is 126 Å². The Morgan fingerprint density at radius 3 is 2.62 bits per heavy atom. The summed E-state index contributed by atoms with van der Waals surface area (Å²) in [5.41, 5.74) is 0.567. The molecular weight excluding hydrogens is 291 g/mol. The Morgan fingerprint density at radius 2 is 2.10 bits per heavy atom. The maximum atomic E-state index is 13.0. The number of carboxylic acids is 1. The summed E-state index contributed by atoms with van der Waals surface area (Å²) < 4.78 is 13.0. The highest BCUT2D eigenvalue weighted by Crippen LogP contribution is 2.25. The first-order chi connectivity index (χ1) is 9.99. The summed E-state index contributed by atoms with van der Waals surface area (Å²) in [5.74, 6) is -1.19. The molecule has 0 saturated carbocycles. The lowest BCUT2D eigenvalue weighted by Gasteiger charge is -2.27. The van der Waals surface area contributed by atoms with Crippen molar-refractivity contribution in [2.75, 3.05) is 13.6 Å². The van der Waals surface area contributed by atoms with Crippen LogP contribution in [-0.4, -0.2) is 34.6 Å². The number of benzene rings is 1. The van der Waals surface area contributed by atoms with Gasteiger partial charge >= 0.3 is 5.97 Å². The Kier molecular flexibility index (Phi) is 5.03. The number of rotatable bonds is 6. The molecule has 0 radical (unpaired) electrons. The largest absolute Gasteiger partial charge is 0.480 e. The van der Waals surface area contributed by atoms with E-state index < -0.39 is 12.0 Å². The fourth-order valence-electron chi connectivity index (χ4n) is 2.32. The van der Waals surface area contributed by atoms with Crippen molar-refractivity contribution < 1.29 is 14.3 Å². The van der Waals surface area contributed by atoms with Crippen LogP contribution in [0, 0.1) is 5.82 Å². The molecule has 112 valence electrons. The summed E-state index contributed by atoms with van der Waals surface area (Å²) in [6, 6.07) is 4.79. The van der Waals surface area contributed by atoms with E-state index in [0.29, 0.717) is 12.1 Å².